The van der Waals surface area contributed by atoms with Gasteiger partial charge in [-0.2, -0.15) is 0 Å². The Kier molecular flexibility index (Phi) is 7.90. The lowest BCUT2D eigenvalue weighted by molar-refractivity contribution is -0.142. The lowest BCUT2D eigenvalue weighted by atomic mass is 10.1. The molecule has 2 aromatic rings. The summed E-state index contributed by atoms with van der Waals surface area (Å²) in [6.07, 6.45) is 0. The second-order valence-electron chi connectivity index (χ2n) is 8.68. The van der Waals surface area contributed by atoms with Crippen LogP contribution in [0.3, 0.4) is 0 Å². The fourth-order valence-electron chi connectivity index (χ4n) is 3.13. The van der Waals surface area contributed by atoms with E-state index >= 15 is 0 Å². The van der Waals surface area contributed by atoms with Crippen molar-refractivity contribution in [3.8, 4) is 5.75 Å². The molecule has 1 unspecified atom stereocenters. The lowest BCUT2D eigenvalue weighted by Gasteiger charge is -2.31. The lowest BCUT2D eigenvalue weighted by Crippen LogP contribution is -2.53. The van der Waals surface area contributed by atoms with Crippen LogP contribution in [-0.4, -0.2) is 34.9 Å². The molecule has 162 valence electrons. The molecule has 6 heteroatoms. The Morgan fingerprint density at radius 1 is 1.10 bits per heavy atom. The van der Waals surface area contributed by atoms with Crippen molar-refractivity contribution in [3.63, 3.8) is 0 Å². The van der Waals surface area contributed by atoms with E-state index in [1.807, 2.05) is 65.0 Å². The summed E-state index contributed by atoms with van der Waals surface area (Å²) in [5, 5.41) is 3.52. The van der Waals surface area contributed by atoms with E-state index in [1.165, 1.54) is 4.90 Å². The molecule has 1 atom stereocenters. The number of carbonyl (C=O) groups excluding carboxylic acids is 2. The summed E-state index contributed by atoms with van der Waals surface area (Å²) in [5.41, 5.74) is 2.57. The van der Waals surface area contributed by atoms with Crippen LogP contribution < -0.4 is 10.1 Å². The molecular formula is C24H31ClN2O3. The number of nitrogens with zero attached hydrogens (tertiary/aromatic N) is 1. The van der Waals surface area contributed by atoms with Gasteiger partial charge >= 0.3 is 0 Å². The van der Waals surface area contributed by atoms with Gasteiger partial charge in [-0.3, -0.25) is 9.59 Å². The molecule has 5 nitrogen and oxygen atoms in total. The van der Waals surface area contributed by atoms with Crippen LogP contribution in [0.15, 0.2) is 42.5 Å². The first-order valence-electron chi connectivity index (χ1n) is 10.0. The summed E-state index contributed by atoms with van der Waals surface area (Å²) in [5.74, 6) is 0.144. The Morgan fingerprint density at radius 3 is 2.30 bits per heavy atom. The van der Waals surface area contributed by atoms with Gasteiger partial charge in [0.2, 0.25) is 5.91 Å². The highest BCUT2D eigenvalue weighted by atomic mass is 35.5. The summed E-state index contributed by atoms with van der Waals surface area (Å²) in [4.78, 5) is 27.4. The monoisotopic (exact) mass is 430 g/mol. The van der Waals surface area contributed by atoms with Crippen molar-refractivity contribution in [1.82, 2.24) is 10.2 Å². The smallest absolute Gasteiger partial charge is 0.261 e. The third kappa shape index (κ3) is 7.38. The van der Waals surface area contributed by atoms with E-state index in [-0.39, 0.29) is 25.0 Å². The molecule has 0 aromatic heterocycles. The SMILES string of the molecule is Cc1cc(C)cc(OCC(=O)N(Cc2cccc(Cl)c2)C(C)C(=O)NC(C)(C)C)c1. The molecule has 0 radical (unpaired) electrons. The molecule has 1 N–H and O–H groups in total. The first kappa shape index (κ1) is 23.7. The molecular weight excluding hydrogens is 400 g/mol. The van der Waals surface area contributed by atoms with Gasteiger partial charge in [-0.25, -0.2) is 0 Å². The minimum atomic E-state index is -0.668. The first-order valence-corrected chi connectivity index (χ1v) is 10.4. The fourth-order valence-corrected chi connectivity index (χ4v) is 3.35. The molecule has 0 fully saturated rings. The zero-order valence-corrected chi connectivity index (χ0v) is 19.3. The van der Waals surface area contributed by atoms with Crippen LogP contribution in [0.5, 0.6) is 5.75 Å². The maximum absolute atomic E-state index is 13.1. The quantitative estimate of drug-likeness (QED) is 0.694. The van der Waals surface area contributed by atoms with Crippen LogP contribution in [0.1, 0.15) is 44.4 Å². The Morgan fingerprint density at radius 2 is 1.73 bits per heavy atom. The molecule has 0 aliphatic carbocycles. The number of hydrogen-bond donors (Lipinski definition) is 1. The van der Waals surface area contributed by atoms with Crippen LogP contribution in [0.2, 0.25) is 5.02 Å². The van der Waals surface area contributed by atoms with Crippen LogP contribution >= 0.6 is 11.6 Å². The largest absolute Gasteiger partial charge is 0.484 e. The summed E-state index contributed by atoms with van der Waals surface area (Å²) in [7, 11) is 0. The van der Waals surface area contributed by atoms with Crippen molar-refractivity contribution >= 4 is 23.4 Å². The normalized spacial score (nSPS) is 12.2. The van der Waals surface area contributed by atoms with Crippen LogP contribution in [0.25, 0.3) is 0 Å². The standard InChI is InChI=1S/C24H31ClN2O3/c1-16-10-17(2)12-21(11-16)30-15-22(28)27(14-19-8-7-9-20(25)13-19)18(3)23(29)26-24(4,5)6/h7-13,18H,14-15H2,1-6H3,(H,26,29). The molecule has 0 saturated heterocycles. The number of rotatable bonds is 7. The number of amides is 2. The summed E-state index contributed by atoms with van der Waals surface area (Å²) >= 11 is 6.10. The predicted molar refractivity (Wildman–Crippen MR) is 121 cm³/mol. The van der Waals surface area contributed by atoms with Crippen molar-refractivity contribution in [2.45, 2.75) is 59.7 Å². The van der Waals surface area contributed by atoms with E-state index in [4.69, 9.17) is 16.3 Å². The van der Waals surface area contributed by atoms with E-state index in [2.05, 4.69) is 5.32 Å². The number of aryl methyl sites for hydroxylation is 2. The van der Waals surface area contributed by atoms with Crippen molar-refractivity contribution in [2.24, 2.45) is 0 Å². The van der Waals surface area contributed by atoms with Crippen molar-refractivity contribution in [2.75, 3.05) is 6.61 Å². The van der Waals surface area contributed by atoms with Gasteiger partial charge in [0, 0.05) is 17.1 Å². The first-order chi connectivity index (χ1) is 13.9. The molecule has 0 bridgehead atoms. The maximum Gasteiger partial charge on any atom is 0.261 e. The Labute approximate surface area is 184 Å². The fraction of sp³-hybridized carbons (Fsp3) is 0.417. The van der Waals surface area contributed by atoms with Gasteiger partial charge in [-0.05, 0) is 82.5 Å². The molecule has 2 aromatic carbocycles. The average molecular weight is 431 g/mol. The van der Waals surface area contributed by atoms with E-state index in [1.54, 1.807) is 19.1 Å². The van der Waals surface area contributed by atoms with Gasteiger partial charge in [0.1, 0.15) is 11.8 Å². The third-order valence-corrected chi connectivity index (χ3v) is 4.70. The van der Waals surface area contributed by atoms with Crippen molar-refractivity contribution in [3.05, 3.63) is 64.2 Å². The number of nitrogens with one attached hydrogen (secondary N) is 1. The molecule has 0 aliphatic rings. The summed E-state index contributed by atoms with van der Waals surface area (Å²) < 4.78 is 5.75. The maximum atomic E-state index is 13.1. The van der Waals surface area contributed by atoms with Gasteiger partial charge in [-0.1, -0.05) is 29.8 Å². The van der Waals surface area contributed by atoms with E-state index in [0.29, 0.717) is 10.8 Å². The van der Waals surface area contributed by atoms with Gasteiger partial charge in [-0.15, -0.1) is 0 Å². The molecule has 0 aliphatic heterocycles. The molecule has 0 heterocycles. The third-order valence-electron chi connectivity index (χ3n) is 4.46. The molecule has 2 rings (SSSR count). The Bertz CT molecular complexity index is 885. The Balaban J connectivity index is 2.20. The summed E-state index contributed by atoms with van der Waals surface area (Å²) in [6.45, 7) is 11.5. The van der Waals surface area contributed by atoms with Gasteiger partial charge in [0.15, 0.2) is 6.61 Å². The van der Waals surface area contributed by atoms with Crippen LogP contribution in [0.4, 0.5) is 0 Å². The van der Waals surface area contributed by atoms with Gasteiger partial charge < -0.3 is 15.0 Å². The minimum absolute atomic E-state index is 0.156. The minimum Gasteiger partial charge on any atom is -0.484 e. The second-order valence-corrected chi connectivity index (χ2v) is 9.12. The zero-order valence-electron chi connectivity index (χ0n) is 18.6. The van der Waals surface area contributed by atoms with Crippen LogP contribution in [0, 0.1) is 13.8 Å². The number of benzene rings is 2. The number of ether oxygens (including phenoxy) is 1. The topological polar surface area (TPSA) is 58.6 Å². The van der Waals surface area contributed by atoms with E-state index in [9.17, 15) is 9.59 Å². The van der Waals surface area contributed by atoms with E-state index < -0.39 is 11.6 Å². The number of halogens is 1. The highest BCUT2D eigenvalue weighted by Crippen LogP contribution is 2.18. The predicted octanol–water partition coefficient (Wildman–Crippen LogP) is 4.67. The Hall–Kier alpha value is -2.53. The number of carbonyl (C=O) groups is 2. The molecule has 30 heavy (non-hydrogen) atoms. The van der Waals surface area contributed by atoms with Gasteiger partial charge in [0.05, 0.1) is 0 Å². The average Bonchev–Trinajstić information content (AvgIpc) is 2.61. The van der Waals surface area contributed by atoms with E-state index in [0.717, 1.165) is 16.7 Å². The molecule has 2 amide bonds. The van der Waals surface area contributed by atoms with Crippen LogP contribution in [-0.2, 0) is 16.1 Å². The van der Waals surface area contributed by atoms with Crippen molar-refractivity contribution in [1.29, 1.82) is 0 Å². The molecule has 0 spiro atoms. The molecule has 0 saturated carbocycles. The number of hydrogen-bond acceptors (Lipinski definition) is 3. The van der Waals surface area contributed by atoms with Gasteiger partial charge in [0.25, 0.3) is 5.91 Å². The summed E-state index contributed by atoms with van der Waals surface area (Å²) in [6, 6.07) is 12.4. The van der Waals surface area contributed by atoms with Crippen molar-refractivity contribution < 1.29 is 14.3 Å². The highest BCUT2D eigenvalue weighted by Gasteiger charge is 2.28. The highest BCUT2D eigenvalue weighted by molar-refractivity contribution is 6.30. The second kappa shape index (κ2) is 9.98. The zero-order chi connectivity index (χ0) is 22.5.